The molecule has 0 heterocycles. The first kappa shape index (κ1) is 17.8. The normalized spacial score (nSPS) is 14.7. The number of benzene rings is 1. The molecule has 0 aliphatic rings. The molecule has 8 heteroatoms. The molecule has 0 saturated carbocycles. The van der Waals surface area contributed by atoms with Crippen LogP contribution in [0.5, 0.6) is 5.75 Å². The van der Waals surface area contributed by atoms with Gasteiger partial charge in [-0.25, -0.2) is 17.5 Å². The zero-order valence-corrected chi connectivity index (χ0v) is 13.3. The maximum atomic E-state index is 13.3. The molecule has 21 heavy (non-hydrogen) atoms. The number of rotatable bonds is 8. The van der Waals surface area contributed by atoms with Crippen molar-refractivity contribution in [3.05, 3.63) is 24.0 Å². The molecule has 1 N–H and O–H groups in total. The SMILES string of the molecule is COC[C@@](C)(CNS(=O)(=O)c1cc(F)ccc1OC)OC. The van der Waals surface area contributed by atoms with Crippen LogP contribution in [-0.4, -0.2) is 48.5 Å². The van der Waals surface area contributed by atoms with Crippen LogP contribution in [0.4, 0.5) is 4.39 Å². The van der Waals surface area contributed by atoms with Crippen molar-refractivity contribution in [3.8, 4) is 5.75 Å². The van der Waals surface area contributed by atoms with Gasteiger partial charge in [-0.15, -0.1) is 0 Å². The van der Waals surface area contributed by atoms with Crippen LogP contribution >= 0.6 is 0 Å². The highest BCUT2D eigenvalue weighted by Crippen LogP contribution is 2.24. The summed E-state index contributed by atoms with van der Waals surface area (Å²) in [6.45, 7) is 1.87. The number of hydrogen-bond acceptors (Lipinski definition) is 5. The molecule has 6 nitrogen and oxygen atoms in total. The Kier molecular flexibility index (Phi) is 6.09. The van der Waals surface area contributed by atoms with Crippen LogP contribution < -0.4 is 9.46 Å². The van der Waals surface area contributed by atoms with Gasteiger partial charge >= 0.3 is 0 Å². The fourth-order valence-corrected chi connectivity index (χ4v) is 3.01. The van der Waals surface area contributed by atoms with Crippen molar-refractivity contribution in [2.45, 2.75) is 17.4 Å². The van der Waals surface area contributed by atoms with Gasteiger partial charge in [0.05, 0.1) is 13.7 Å². The molecule has 0 radical (unpaired) electrons. The molecule has 0 spiro atoms. The predicted octanol–water partition coefficient (Wildman–Crippen LogP) is 1.16. The Morgan fingerprint density at radius 3 is 2.48 bits per heavy atom. The van der Waals surface area contributed by atoms with E-state index in [1.807, 2.05) is 0 Å². The molecule has 0 amide bonds. The Hall–Kier alpha value is -1.22. The second-order valence-electron chi connectivity index (χ2n) is 4.71. The van der Waals surface area contributed by atoms with Gasteiger partial charge in [-0.3, -0.25) is 0 Å². The minimum absolute atomic E-state index is 0.0284. The van der Waals surface area contributed by atoms with Gasteiger partial charge in [0, 0.05) is 20.8 Å². The highest BCUT2D eigenvalue weighted by molar-refractivity contribution is 7.89. The Morgan fingerprint density at radius 2 is 1.95 bits per heavy atom. The molecule has 0 aromatic heterocycles. The quantitative estimate of drug-likeness (QED) is 0.778. The van der Waals surface area contributed by atoms with E-state index in [9.17, 15) is 12.8 Å². The molecule has 1 aromatic carbocycles. The lowest BCUT2D eigenvalue weighted by Crippen LogP contribution is -2.45. The minimum Gasteiger partial charge on any atom is -0.495 e. The summed E-state index contributed by atoms with van der Waals surface area (Å²) >= 11 is 0. The molecule has 0 saturated heterocycles. The first-order valence-electron chi connectivity index (χ1n) is 6.15. The fraction of sp³-hybridized carbons (Fsp3) is 0.538. The number of nitrogens with one attached hydrogen (secondary N) is 1. The number of halogens is 1. The maximum Gasteiger partial charge on any atom is 0.244 e. The van der Waals surface area contributed by atoms with E-state index >= 15 is 0 Å². The van der Waals surface area contributed by atoms with E-state index < -0.39 is 21.4 Å². The van der Waals surface area contributed by atoms with E-state index in [1.165, 1.54) is 27.4 Å². The van der Waals surface area contributed by atoms with Crippen LogP contribution in [0.1, 0.15) is 6.92 Å². The van der Waals surface area contributed by atoms with Crippen LogP contribution in [0.15, 0.2) is 23.1 Å². The van der Waals surface area contributed by atoms with Crippen molar-refractivity contribution in [2.75, 3.05) is 34.5 Å². The molecule has 0 aliphatic heterocycles. The topological polar surface area (TPSA) is 73.9 Å². The van der Waals surface area contributed by atoms with Crippen LogP contribution in [0.25, 0.3) is 0 Å². The molecule has 1 atom stereocenters. The molecule has 0 bridgehead atoms. The number of sulfonamides is 1. The zero-order chi connectivity index (χ0) is 16.1. The van der Waals surface area contributed by atoms with Crippen LogP contribution in [0, 0.1) is 5.82 Å². The van der Waals surface area contributed by atoms with E-state index in [2.05, 4.69) is 4.72 Å². The smallest absolute Gasteiger partial charge is 0.244 e. The van der Waals surface area contributed by atoms with Crippen molar-refractivity contribution >= 4 is 10.0 Å². The largest absolute Gasteiger partial charge is 0.495 e. The van der Waals surface area contributed by atoms with Crippen molar-refractivity contribution < 1.29 is 27.0 Å². The second-order valence-corrected chi connectivity index (χ2v) is 6.44. The summed E-state index contributed by atoms with van der Waals surface area (Å²) in [7, 11) is 0.320. The van der Waals surface area contributed by atoms with E-state index in [4.69, 9.17) is 14.2 Å². The van der Waals surface area contributed by atoms with Crippen molar-refractivity contribution in [1.29, 1.82) is 0 Å². The maximum absolute atomic E-state index is 13.3. The van der Waals surface area contributed by atoms with Crippen LogP contribution in [-0.2, 0) is 19.5 Å². The second kappa shape index (κ2) is 7.17. The third-order valence-electron chi connectivity index (χ3n) is 2.99. The van der Waals surface area contributed by atoms with Gasteiger partial charge in [0.1, 0.15) is 22.1 Å². The molecule has 0 aliphatic carbocycles. The fourth-order valence-electron chi connectivity index (χ4n) is 1.67. The lowest BCUT2D eigenvalue weighted by Gasteiger charge is -2.27. The highest BCUT2D eigenvalue weighted by Gasteiger charge is 2.28. The Labute approximate surface area is 124 Å². The number of ether oxygens (including phenoxy) is 3. The molecule has 120 valence electrons. The lowest BCUT2D eigenvalue weighted by molar-refractivity contribution is -0.0460. The average molecular weight is 321 g/mol. The van der Waals surface area contributed by atoms with Crippen LogP contribution in [0.3, 0.4) is 0 Å². The zero-order valence-electron chi connectivity index (χ0n) is 12.5. The van der Waals surface area contributed by atoms with E-state index in [0.717, 1.165) is 12.1 Å². The molecular formula is C13H20FNO5S. The predicted molar refractivity (Wildman–Crippen MR) is 75.4 cm³/mol. The number of methoxy groups -OCH3 is 3. The van der Waals surface area contributed by atoms with Crippen LogP contribution in [0.2, 0.25) is 0 Å². The van der Waals surface area contributed by atoms with Gasteiger partial charge in [-0.05, 0) is 25.1 Å². The van der Waals surface area contributed by atoms with Crippen molar-refractivity contribution in [1.82, 2.24) is 4.72 Å². The first-order valence-corrected chi connectivity index (χ1v) is 7.63. The standard InChI is InChI=1S/C13H20FNO5S/c1-13(20-4,9-18-2)8-15-21(16,17)12-7-10(14)5-6-11(12)19-3/h5-7,15H,8-9H2,1-4H3/t13-/m1/s1. The first-order chi connectivity index (χ1) is 9.78. The summed E-state index contributed by atoms with van der Waals surface area (Å²) in [4.78, 5) is -0.263. The van der Waals surface area contributed by atoms with Gasteiger partial charge in [0.2, 0.25) is 10.0 Å². The summed E-state index contributed by atoms with van der Waals surface area (Å²) in [5, 5.41) is 0. The third kappa shape index (κ3) is 4.63. The van der Waals surface area contributed by atoms with Gasteiger partial charge in [-0.2, -0.15) is 0 Å². The molecule has 1 aromatic rings. The molecular weight excluding hydrogens is 301 g/mol. The minimum atomic E-state index is -3.94. The summed E-state index contributed by atoms with van der Waals surface area (Å²) in [6, 6.07) is 3.29. The summed E-state index contributed by atoms with van der Waals surface area (Å²) in [5.41, 5.74) is -0.831. The highest BCUT2D eigenvalue weighted by atomic mass is 32.2. The van der Waals surface area contributed by atoms with E-state index in [0.29, 0.717) is 0 Å². The van der Waals surface area contributed by atoms with Crippen molar-refractivity contribution in [3.63, 3.8) is 0 Å². The monoisotopic (exact) mass is 321 g/mol. The number of hydrogen-bond donors (Lipinski definition) is 1. The summed E-state index contributed by atoms with van der Waals surface area (Å²) < 4.78 is 55.4. The van der Waals surface area contributed by atoms with Gasteiger partial charge < -0.3 is 14.2 Å². The lowest BCUT2D eigenvalue weighted by atomic mass is 10.1. The van der Waals surface area contributed by atoms with Gasteiger partial charge in [0.25, 0.3) is 0 Å². The third-order valence-corrected chi connectivity index (χ3v) is 4.42. The molecule has 0 unspecified atom stereocenters. The Balaban J connectivity index is 2.99. The molecule has 1 rings (SSSR count). The van der Waals surface area contributed by atoms with Gasteiger partial charge in [0.15, 0.2) is 0 Å². The molecule has 0 fully saturated rings. The van der Waals surface area contributed by atoms with Crippen molar-refractivity contribution in [2.24, 2.45) is 0 Å². The Morgan fingerprint density at radius 1 is 1.29 bits per heavy atom. The summed E-state index contributed by atoms with van der Waals surface area (Å²) in [5.74, 6) is -0.600. The Bertz CT molecular complexity index is 578. The van der Waals surface area contributed by atoms with E-state index in [1.54, 1.807) is 6.92 Å². The van der Waals surface area contributed by atoms with Gasteiger partial charge in [-0.1, -0.05) is 0 Å². The average Bonchev–Trinajstić information content (AvgIpc) is 2.45. The summed E-state index contributed by atoms with van der Waals surface area (Å²) in [6.07, 6.45) is 0. The van der Waals surface area contributed by atoms with E-state index in [-0.39, 0.29) is 23.8 Å².